The zero-order valence-corrected chi connectivity index (χ0v) is 23.9. The lowest BCUT2D eigenvalue weighted by Gasteiger charge is -2.30. The maximum absolute atomic E-state index is 12.8. The molecule has 4 rings (SSSR count). The van der Waals surface area contributed by atoms with Crippen molar-refractivity contribution in [2.24, 2.45) is 4.36 Å². The van der Waals surface area contributed by atoms with Crippen molar-refractivity contribution in [1.82, 2.24) is 25.2 Å². The van der Waals surface area contributed by atoms with Crippen LogP contribution in [0.5, 0.6) is 0 Å². The average molecular weight is 549 g/mol. The number of hydrogen-bond acceptors (Lipinski definition) is 9. The molecule has 0 aliphatic heterocycles. The van der Waals surface area contributed by atoms with Crippen LogP contribution in [0.3, 0.4) is 0 Å². The van der Waals surface area contributed by atoms with E-state index in [0.29, 0.717) is 30.2 Å². The van der Waals surface area contributed by atoms with Crippen LogP contribution in [0.2, 0.25) is 0 Å². The molecule has 206 valence electrons. The monoisotopic (exact) mass is 548 g/mol. The maximum atomic E-state index is 12.8. The van der Waals surface area contributed by atoms with E-state index in [2.05, 4.69) is 73.0 Å². The Kier molecular flexibility index (Phi) is 8.61. The Bertz CT molecular complexity index is 1500. The number of amides is 1. The van der Waals surface area contributed by atoms with Gasteiger partial charge in [0, 0.05) is 46.7 Å². The zero-order valence-electron chi connectivity index (χ0n) is 23.1. The quantitative estimate of drug-likeness (QED) is 0.337. The first-order valence-corrected chi connectivity index (χ1v) is 15.1. The molecule has 0 bridgehead atoms. The van der Waals surface area contributed by atoms with E-state index in [1.165, 1.54) is 17.3 Å². The van der Waals surface area contributed by atoms with Gasteiger partial charge in [0.25, 0.3) is 5.91 Å². The van der Waals surface area contributed by atoms with Gasteiger partial charge in [-0.25, -0.2) is 14.2 Å². The number of likely N-dealkylation sites (N-methyl/N-ethyl adjacent to an activating group) is 1. The van der Waals surface area contributed by atoms with Gasteiger partial charge in [0.1, 0.15) is 17.2 Å². The number of nitrogens with zero attached hydrogens (tertiary/aromatic N) is 5. The van der Waals surface area contributed by atoms with Crippen LogP contribution in [-0.4, -0.2) is 69.2 Å². The first-order chi connectivity index (χ1) is 18.5. The highest BCUT2D eigenvalue weighted by Crippen LogP contribution is 2.28. The van der Waals surface area contributed by atoms with Crippen LogP contribution in [0.4, 0.5) is 29.1 Å². The lowest BCUT2D eigenvalue weighted by Crippen LogP contribution is -2.33. The molecule has 1 aliphatic rings. The molecule has 0 saturated heterocycles. The van der Waals surface area contributed by atoms with E-state index < -0.39 is 9.73 Å². The fourth-order valence-electron chi connectivity index (χ4n) is 4.36. The molecular formula is C28H36N8O2S. The van der Waals surface area contributed by atoms with Crippen LogP contribution in [0, 0.1) is 6.92 Å². The Balaban J connectivity index is 1.64. The van der Waals surface area contributed by atoms with Crippen molar-refractivity contribution in [3.05, 3.63) is 71.4 Å². The van der Waals surface area contributed by atoms with Crippen LogP contribution in [-0.2, 0) is 22.6 Å². The normalized spacial score (nSPS) is 14.9. The largest absolute Gasteiger partial charge is 0.348 e. The molecule has 11 heteroatoms. The molecule has 1 aromatic carbocycles. The Morgan fingerprint density at radius 3 is 2.69 bits per heavy atom. The lowest BCUT2D eigenvalue weighted by molar-refractivity contribution is 0.0958. The second kappa shape index (κ2) is 11.9. The van der Waals surface area contributed by atoms with Gasteiger partial charge >= 0.3 is 0 Å². The Hall–Kier alpha value is -3.83. The first-order valence-electron chi connectivity index (χ1n) is 12.8. The highest BCUT2D eigenvalue weighted by molar-refractivity contribution is 7.92. The molecule has 0 radical (unpaired) electrons. The number of carbonyl (C=O) groups is 1. The highest BCUT2D eigenvalue weighted by Gasteiger charge is 2.21. The number of benzene rings is 1. The molecule has 2 heterocycles. The number of hydrogen-bond donors (Lipinski definition) is 3. The molecular weight excluding hydrogens is 512 g/mol. The van der Waals surface area contributed by atoms with Crippen LogP contribution < -0.4 is 16.0 Å². The van der Waals surface area contributed by atoms with E-state index >= 15 is 0 Å². The number of rotatable bonds is 9. The lowest BCUT2D eigenvalue weighted by atomic mass is 9.87. The molecule has 1 amide bonds. The summed E-state index contributed by atoms with van der Waals surface area (Å²) in [5.41, 5.74) is 4.59. The number of aryl methyl sites for hydroxylation is 2. The van der Waals surface area contributed by atoms with Gasteiger partial charge in [0.05, 0.1) is 0 Å². The number of nitrogens with one attached hydrogen (secondary N) is 3. The summed E-state index contributed by atoms with van der Waals surface area (Å²) in [4.78, 5) is 28.7. The molecule has 1 unspecified atom stereocenters. The van der Waals surface area contributed by atoms with Gasteiger partial charge in [0.15, 0.2) is 5.82 Å². The van der Waals surface area contributed by atoms with Crippen molar-refractivity contribution in [2.75, 3.05) is 43.8 Å². The second-order valence-corrected chi connectivity index (χ2v) is 12.7. The summed E-state index contributed by atoms with van der Waals surface area (Å²) in [6.07, 6.45) is 9.34. The van der Waals surface area contributed by atoms with Gasteiger partial charge in [-0.1, -0.05) is 18.2 Å². The average Bonchev–Trinajstić information content (AvgIpc) is 2.88. The van der Waals surface area contributed by atoms with Crippen molar-refractivity contribution >= 4 is 44.7 Å². The van der Waals surface area contributed by atoms with Crippen LogP contribution in [0.1, 0.15) is 33.5 Å². The van der Waals surface area contributed by atoms with E-state index in [1.54, 1.807) is 24.7 Å². The summed E-state index contributed by atoms with van der Waals surface area (Å²) in [6, 6.07) is 10.5. The molecule has 39 heavy (non-hydrogen) atoms. The standard InChI is InChI=1S/C28H36N8O2S/c1-7-14-29-27(37)23-17-30-28(31-21-11-9-20-16-22(36(3)4)12-10-19(20)15-21)34-26(23)33-24-13-8-18(2)25(32-24)35-39(5,6)38/h7-9,11,13,15,17,22H,1,10,12,14,16H2,2-6H3,(H,29,37)(H2,30,31,32,33,34). The predicted octanol–water partition coefficient (Wildman–Crippen LogP) is 4.36. The summed E-state index contributed by atoms with van der Waals surface area (Å²) in [6.45, 7) is 5.80. The summed E-state index contributed by atoms with van der Waals surface area (Å²) < 4.78 is 16.5. The number of anilines is 4. The van der Waals surface area contributed by atoms with E-state index in [-0.39, 0.29) is 17.3 Å². The highest BCUT2D eigenvalue weighted by atomic mass is 32.2. The number of fused-ring (bicyclic) bond motifs is 1. The minimum atomic E-state index is -2.40. The maximum Gasteiger partial charge on any atom is 0.256 e. The van der Waals surface area contributed by atoms with Gasteiger partial charge in [-0.15, -0.1) is 6.58 Å². The predicted molar refractivity (Wildman–Crippen MR) is 158 cm³/mol. The fourth-order valence-corrected chi connectivity index (χ4v) is 4.96. The van der Waals surface area contributed by atoms with Gasteiger partial charge in [-0.3, -0.25) is 4.79 Å². The number of pyridine rings is 1. The molecule has 0 spiro atoms. The molecule has 0 saturated carbocycles. The Morgan fingerprint density at radius 2 is 1.97 bits per heavy atom. The minimum Gasteiger partial charge on any atom is -0.348 e. The second-order valence-electron chi connectivity index (χ2n) is 10.2. The van der Waals surface area contributed by atoms with E-state index in [0.717, 1.165) is 30.5 Å². The van der Waals surface area contributed by atoms with Gasteiger partial charge < -0.3 is 20.9 Å². The third kappa shape index (κ3) is 7.39. The van der Waals surface area contributed by atoms with E-state index in [4.69, 9.17) is 0 Å². The summed E-state index contributed by atoms with van der Waals surface area (Å²) >= 11 is 0. The van der Waals surface area contributed by atoms with Crippen molar-refractivity contribution in [2.45, 2.75) is 32.2 Å². The molecule has 3 N–H and O–H groups in total. The van der Waals surface area contributed by atoms with Crippen molar-refractivity contribution in [3.63, 3.8) is 0 Å². The third-order valence-electron chi connectivity index (χ3n) is 6.46. The topological polar surface area (TPSA) is 125 Å². The van der Waals surface area contributed by atoms with Crippen molar-refractivity contribution in [1.29, 1.82) is 0 Å². The van der Waals surface area contributed by atoms with Gasteiger partial charge in [0.2, 0.25) is 5.95 Å². The third-order valence-corrected chi connectivity index (χ3v) is 7.07. The molecule has 10 nitrogen and oxygen atoms in total. The number of carbonyl (C=O) groups excluding carboxylic acids is 1. The van der Waals surface area contributed by atoms with E-state index in [9.17, 15) is 9.00 Å². The molecule has 1 aliphatic carbocycles. The van der Waals surface area contributed by atoms with Crippen LogP contribution in [0.15, 0.2) is 53.5 Å². The van der Waals surface area contributed by atoms with Crippen LogP contribution >= 0.6 is 0 Å². The summed E-state index contributed by atoms with van der Waals surface area (Å²) in [7, 11) is 1.85. The summed E-state index contributed by atoms with van der Waals surface area (Å²) in [5, 5.41) is 9.17. The molecule has 0 fully saturated rings. The van der Waals surface area contributed by atoms with E-state index in [1.807, 2.05) is 19.1 Å². The molecule has 1 atom stereocenters. The first kappa shape index (κ1) is 28.2. The Morgan fingerprint density at radius 1 is 1.18 bits per heavy atom. The fraction of sp³-hybridized carbons (Fsp3) is 0.357. The zero-order chi connectivity index (χ0) is 28.2. The van der Waals surface area contributed by atoms with Crippen LogP contribution in [0.25, 0.3) is 0 Å². The minimum absolute atomic E-state index is 0.248. The Labute approximate surface area is 230 Å². The van der Waals surface area contributed by atoms with Crippen molar-refractivity contribution in [3.8, 4) is 0 Å². The van der Waals surface area contributed by atoms with Gasteiger partial charge in [-0.2, -0.15) is 9.35 Å². The smallest absolute Gasteiger partial charge is 0.256 e. The summed E-state index contributed by atoms with van der Waals surface area (Å²) in [5.74, 6) is 1.04. The number of aromatic nitrogens is 3. The SMILES string of the molecule is C=CCNC(=O)c1cnc(Nc2ccc3c(c2)CCC(N(C)C)C3)nc1Nc1ccc(C)c(N=S(C)(C)=O)n1. The molecule has 3 aromatic rings. The van der Waals surface area contributed by atoms with Crippen molar-refractivity contribution < 1.29 is 9.00 Å². The molecule has 2 aromatic heterocycles. The van der Waals surface area contributed by atoms with Gasteiger partial charge in [-0.05, 0) is 75.2 Å².